The highest BCUT2D eigenvalue weighted by molar-refractivity contribution is 6.05. The third-order valence-corrected chi connectivity index (χ3v) is 5.69. The molecule has 1 amide bonds. The average Bonchev–Trinajstić information content (AvgIpc) is 3.20. The van der Waals surface area contributed by atoms with Crippen LogP contribution in [0.5, 0.6) is 0 Å². The molecule has 0 aliphatic carbocycles. The Labute approximate surface area is 188 Å². The van der Waals surface area contributed by atoms with Gasteiger partial charge in [0.15, 0.2) is 5.82 Å². The Bertz CT molecular complexity index is 1380. The van der Waals surface area contributed by atoms with Crippen molar-refractivity contribution in [2.24, 2.45) is 5.73 Å². The summed E-state index contributed by atoms with van der Waals surface area (Å²) in [7, 11) is 1.96. The molecule has 0 fully saturated rings. The summed E-state index contributed by atoms with van der Waals surface area (Å²) in [5, 5.41) is 8.02. The maximum atomic E-state index is 14.2. The molecule has 0 bridgehead atoms. The van der Waals surface area contributed by atoms with Crippen LogP contribution in [0.25, 0.3) is 16.9 Å². The number of nitrogens with zero attached hydrogens (tertiary/aromatic N) is 5. The summed E-state index contributed by atoms with van der Waals surface area (Å²) in [6, 6.07) is 8.68. The molecule has 168 valence electrons. The van der Waals surface area contributed by atoms with Crippen LogP contribution in [-0.4, -0.2) is 39.2 Å². The van der Waals surface area contributed by atoms with E-state index in [1.165, 1.54) is 29.1 Å². The van der Waals surface area contributed by atoms with E-state index < -0.39 is 11.7 Å². The van der Waals surface area contributed by atoms with Crippen LogP contribution >= 0.6 is 0 Å². The topological polar surface area (TPSA) is 102 Å². The maximum Gasteiger partial charge on any atom is 0.253 e. The quantitative estimate of drug-likeness (QED) is 0.485. The van der Waals surface area contributed by atoms with E-state index >= 15 is 0 Å². The zero-order chi connectivity index (χ0) is 23.1. The van der Waals surface area contributed by atoms with Gasteiger partial charge in [-0.25, -0.2) is 13.8 Å². The van der Waals surface area contributed by atoms with Crippen molar-refractivity contribution < 1.29 is 13.6 Å². The lowest BCUT2D eigenvalue weighted by molar-refractivity contribution is 0.100. The molecule has 4 aromatic rings. The van der Waals surface area contributed by atoms with Crippen LogP contribution in [0.1, 0.15) is 28.0 Å². The first-order valence-electron chi connectivity index (χ1n) is 10.5. The molecular weight excluding hydrogens is 428 g/mol. The van der Waals surface area contributed by atoms with Crippen molar-refractivity contribution in [1.29, 1.82) is 0 Å². The van der Waals surface area contributed by atoms with Crippen LogP contribution < -0.4 is 16.0 Å². The van der Waals surface area contributed by atoms with Gasteiger partial charge in [0.25, 0.3) is 5.95 Å². The number of halogens is 2. The van der Waals surface area contributed by atoms with E-state index in [1.807, 2.05) is 13.1 Å². The first-order valence-corrected chi connectivity index (χ1v) is 10.5. The third-order valence-electron chi connectivity index (χ3n) is 5.69. The first kappa shape index (κ1) is 20.8. The molecule has 0 radical (unpaired) electrons. The molecule has 0 atom stereocenters. The van der Waals surface area contributed by atoms with E-state index in [-0.39, 0.29) is 17.3 Å². The number of amides is 1. The fourth-order valence-electron chi connectivity index (χ4n) is 4.17. The minimum Gasteiger partial charge on any atom is -0.370 e. The number of nitrogens with one attached hydrogen (secondary N) is 1. The van der Waals surface area contributed by atoms with Crippen molar-refractivity contribution in [3.05, 3.63) is 71.1 Å². The first-order chi connectivity index (χ1) is 15.9. The van der Waals surface area contributed by atoms with Crippen LogP contribution in [0.4, 0.5) is 20.3 Å². The van der Waals surface area contributed by atoms with Crippen molar-refractivity contribution in [1.82, 2.24) is 19.7 Å². The Kier molecular flexibility index (Phi) is 5.12. The SMILES string of the molecule is CN1CCCc2nc(-n3ncc4c(C(N)=O)cc(F)cc43)nc(NCc3cccc(F)c3)c21. The van der Waals surface area contributed by atoms with Gasteiger partial charge in [-0.05, 0) is 36.6 Å². The molecule has 5 rings (SSSR count). The van der Waals surface area contributed by atoms with E-state index in [4.69, 9.17) is 10.7 Å². The molecule has 1 aliphatic heterocycles. The number of carbonyl (C=O) groups is 1. The zero-order valence-corrected chi connectivity index (χ0v) is 17.8. The molecule has 1 aliphatic rings. The van der Waals surface area contributed by atoms with E-state index in [2.05, 4.69) is 20.3 Å². The minimum absolute atomic E-state index is 0.0402. The number of aromatic nitrogens is 4. The molecule has 3 N–H and O–H groups in total. The predicted molar refractivity (Wildman–Crippen MR) is 120 cm³/mol. The van der Waals surface area contributed by atoms with Gasteiger partial charge >= 0.3 is 0 Å². The molecule has 10 heteroatoms. The van der Waals surface area contributed by atoms with Gasteiger partial charge in [0.1, 0.15) is 17.3 Å². The lowest BCUT2D eigenvalue weighted by Gasteiger charge is -2.29. The lowest BCUT2D eigenvalue weighted by Crippen LogP contribution is -2.28. The van der Waals surface area contributed by atoms with Gasteiger partial charge in [-0.15, -0.1) is 0 Å². The molecule has 0 unspecified atom stereocenters. The number of aryl methyl sites for hydroxylation is 1. The predicted octanol–water partition coefficient (Wildman–Crippen LogP) is 3.19. The Morgan fingerprint density at radius 3 is 2.82 bits per heavy atom. The van der Waals surface area contributed by atoms with Gasteiger partial charge in [-0.1, -0.05) is 12.1 Å². The summed E-state index contributed by atoms with van der Waals surface area (Å²) in [5.41, 5.74) is 8.25. The fraction of sp³-hybridized carbons (Fsp3) is 0.217. The number of carbonyl (C=O) groups excluding carboxylic acids is 1. The van der Waals surface area contributed by atoms with Crippen LogP contribution in [0.3, 0.4) is 0 Å². The molecule has 2 aromatic carbocycles. The molecule has 0 saturated heterocycles. The van der Waals surface area contributed by atoms with Gasteiger partial charge in [0.2, 0.25) is 5.91 Å². The lowest BCUT2D eigenvalue weighted by atomic mass is 10.1. The standard InChI is InChI=1S/C23H21F2N7O/c1-31-7-3-6-18-20(31)22(27-11-13-4-2-5-14(24)8-13)30-23(29-18)32-19-10-15(25)9-16(21(26)33)17(19)12-28-32/h2,4-5,8-10,12H,3,6-7,11H2,1H3,(H2,26,33)(H,27,29,30). The summed E-state index contributed by atoms with van der Waals surface area (Å²) >= 11 is 0. The summed E-state index contributed by atoms with van der Waals surface area (Å²) in [4.78, 5) is 23.2. The number of nitrogens with two attached hydrogens (primary N) is 1. The Balaban J connectivity index is 1.62. The number of fused-ring (bicyclic) bond motifs is 2. The fourth-order valence-corrected chi connectivity index (χ4v) is 4.17. The smallest absolute Gasteiger partial charge is 0.253 e. The molecule has 0 saturated carbocycles. The zero-order valence-electron chi connectivity index (χ0n) is 17.8. The van der Waals surface area contributed by atoms with Gasteiger partial charge in [-0.2, -0.15) is 14.8 Å². The molecule has 3 heterocycles. The van der Waals surface area contributed by atoms with Gasteiger partial charge < -0.3 is 16.0 Å². The van der Waals surface area contributed by atoms with E-state index in [1.54, 1.807) is 6.07 Å². The third kappa shape index (κ3) is 3.84. The summed E-state index contributed by atoms with van der Waals surface area (Å²) in [5.74, 6) is -0.866. The van der Waals surface area contributed by atoms with Crippen molar-refractivity contribution in [2.75, 3.05) is 23.8 Å². The highest BCUT2D eigenvalue weighted by Gasteiger charge is 2.24. The van der Waals surface area contributed by atoms with E-state index in [0.717, 1.165) is 42.4 Å². The highest BCUT2D eigenvalue weighted by Crippen LogP contribution is 2.33. The molecule has 8 nitrogen and oxygen atoms in total. The van der Waals surface area contributed by atoms with Crippen molar-refractivity contribution in [3.8, 4) is 5.95 Å². The summed E-state index contributed by atoms with van der Waals surface area (Å²) in [6.45, 7) is 1.21. The average molecular weight is 449 g/mol. The van der Waals surface area contributed by atoms with Gasteiger partial charge in [0.05, 0.1) is 23.0 Å². The minimum atomic E-state index is -0.746. The van der Waals surface area contributed by atoms with Crippen LogP contribution in [-0.2, 0) is 13.0 Å². The van der Waals surface area contributed by atoms with E-state index in [0.29, 0.717) is 23.3 Å². The maximum absolute atomic E-state index is 14.2. The second-order valence-electron chi connectivity index (χ2n) is 7.98. The monoisotopic (exact) mass is 449 g/mol. The number of hydrogen-bond donors (Lipinski definition) is 2. The number of hydrogen-bond acceptors (Lipinski definition) is 6. The Hall–Kier alpha value is -4.08. The van der Waals surface area contributed by atoms with E-state index in [9.17, 15) is 13.6 Å². The Morgan fingerprint density at radius 2 is 2.03 bits per heavy atom. The largest absolute Gasteiger partial charge is 0.370 e. The van der Waals surface area contributed by atoms with Crippen LogP contribution in [0.2, 0.25) is 0 Å². The highest BCUT2D eigenvalue weighted by atomic mass is 19.1. The molecule has 2 aromatic heterocycles. The number of benzene rings is 2. The Morgan fingerprint density at radius 1 is 1.18 bits per heavy atom. The molecular formula is C23H21F2N7O. The normalized spacial score (nSPS) is 13.2. The number of primary amides is 1. The summed E-state index contributed by atoms with van der Waals surface area (Å²) in [6.07, 6.45) is 3.11. The van der Waals surface area contributed by atoms with Crippen molar-refractivity contribution >= 4 is 28.3 Å². The van der Waals surface area contributed by atoms with Crippen molar-refractivity contribution in [3.63, 3.8) is 0 Å². The number of rotatable bonds is 5. The van der Waals surface area contributed by atoms with Crippen LogP contribution in [0, 0.1) is 11.6 Å². The summed E-state index contributed by atoms with van der Waals surface area (Å²) < 4.78 is 29.2. The van der Waals surface area contributed by atoms with Crippen LogP contribution in [0.15, 0.2) is 42.6 Å². The second-order valence-corrected chi connectivity index (χ2v) is 7.98. The molecule has 0 spiro atoms. The van der Waals surface area contributed by atoms with Gasteiger partial charge in [0, 0.05) is 31.6 Å². The second kappa shape index (κ2) is 8.12. The number of anilines is 2. The van der Waals surface area contributed by atoms with Crippen molar-refractivity contribution in [2.45, 2.75) is 19.4 Å². The molecule has 33 heavy (non-hydrogen) atoms. The van der Waals surface area contributed by atoms with Gasteiger partial charge in [-0.3, -0.25) is 4.79 Å².